The number of amides is 1. The molecule has 27 heavy (non-hydrogen) atoms. The summed E-state index contributed by atoms with van der Waals surface area (Å²) in [7, 11) is 0. The molecule has 0 unspecified atom stereocenters. The summed E-state index contributed by atoms with van der Waals surface area (Å²) < 4.78 is 8.56. The zero-order chi connectivity index (χ0) is 19.8. The molecule has 4 N–H and O–H groups in total. The molecule has 3 rings (SSSR count). The van der Waals surface area contributed by atoms with Crippen LogP contribution in [0.2, 0.25) is 0 Å². The van der Waals surface area contributed by atoms with Gasteiger partial charge < -0.3 is 15.8 Å². The van der Waals surface area contributed by atoms with Crippen LogP contribution in [0.3, 0.4) is 0 Å². The maximum absolute atomic E-state index is 13.2. The largest absolute Gasteiger partial charge is 0.370 e. The molecule has 1 aliphatic heterocycles. The number of quaternary nitrogens is 1. The highest BCUT2D eigenvalue weighted by Crippen LogP contribution is 2.37. The van der Waals surface area contributed by atoms with Gasteiger partial charge in [0, 0.05) is 17.8 Å². The quantitative estimate of drug-likeness (QED) is 0.708. The smallest absolute Gasteiger partial charge is 0.332 e. The van der Waals surface area contributed by atoms with E-state index in [0.29, 0.717) is 42.9 Å². The molecular weight excluding hydrogens is 368 g/mol. The monoisotopic (exact) mass is 395 g/mol. The van der Waals surface area contributed by atoms with Crippen LogP contribution in [-0.2, 0) is 35.6 Å². The van der Waals surface area contributed by atoms with E-state index in [4.69, 9.17) is 4.74 Å². The molecule has 0 saturated heterocycles. The topological polar surface area (TPSA) is 110 Å². The number of nitrogens with zero attached hydrogens (tertiary/aromatic N) is 2. The predicted molar refractivity (Wildman–Crippen MR) is 104 cm³/mol. The van der Waals surface area contributed by atoms with Gasteiger partial charge in [0.1, 0.15) is 11.4 Å². The zero-order valence-electron chi connectivity index (χ0n) is 16.1. The number of ether oxygens (including phenoxy) is 1. The average molecular weight is 396 g/mol. The van der Waals surface area contributed by atoms with Crippen molar-refractivity contribution >= 4 is 27.5 Å². The number of carbonyl (C=O) groups excluding carboxylic acids is 1. The Kier molecular flexibility index (Phi) is 5.55. The highest BCUT2D eigenvalue weighted by Gasteiger charge is 2.32. The van der Waals surface area contributed by atoms with E-state index in [2.05, 4.69) is 11.1 Å². The van der Waals surface area contributed by atoms with Gasteiger partial charge in [-0.2, -0.15) is 0 Å². The third-order valence-electron chi connectivity index (χ3n) is 4.68. The van der Waals surface area contributed by atoms with Gasteiger partial charge in [-0.15, -0.1) is 11.3 Å². The van der Waals surface area contributed by atoms with Gasteiger partial charge in [0.25, 0.3) is 5.56 Å². The number of aryl methyl sites for hydroxylation is 1. The lowest BCUT2D eigenvalue weighted by atomic mass is 9.94. The average Bonchev–Trinajstić information content (AvgIpc) is 2.97. The van der Waals surface area contributed by atoms with E-state index in [9.17, 15) is 14.4 Å². The number of hydrogen-bond donors (Lipinski definition) is 2. The SMILES string of the molecule is CCCn1c(=O)n(CC(=O)NCC[NH3+])c(=O)c2c3c(sc21)COC(C)(C)C3. The molecule has 0 aliphatic carbocycles. The Hall–Kier alpha value is -1.97. The maximum Gasteiger partial charge on any atom is 0.332 e. The van der Waals surface area contributed by atoms with Gasteiger partial charge in [-0.05, 0) is 25.8 Å². The van der Waals surface area contributed by atoms with Crippen molar-refractivity contribution in [2.24, 2.45) is 0 Å². The van der Waals surface area contributed by atoms with Crippen LogP contribution in [0.15, 0.2) is 9.59 Å². The molecule has 8 nitrogen and oxygen atoms in total. The van der Waals surface area contributed by atoms with Crippen molar-refractivity contribution in [2.45, 2.75) is 58.9 Å². The normalized spacial score (nSPS) is 15.7. The summed E-state index contributed by atoms with van der Waals surface area (Å²) in [4.78, 5) is 40.0. The summed E-state index contributed by atoms with van der Waals surface area (Å²) in [5.41, 5.74) is 3.44. The highest BCUT2D eigenvalue weighted by atomic mass is 32.1. The fourth-order valence-electron chi connectivity index (χ4n) is 3.39. The van der Waals surface area contributed by atoms with Crippen molar-refractivity contribution in [3.8, 4) is 0 Å². The van der Waals surface area contributed by atoms with Crippen molar-refractivity contribution in [1.82, 2.24) is 14.5 Å². The lowest BCUT2D eigenvalue weighted by Gasteiger charge is -2.29. The molecule has 0 atom stereocenters. The Bertz CT molecular complexity index is 986. The first kappa shape index (κ1) is 19.8. The minimum atomic E-state index is -0.433. The van der Waals surface area contributed by atoms with Crippen LogP contribution in [0.25, 0.3) is 10.2 Å². The fourth-order valence-corrected chi connectivity index (χ4v) is 4.63. The molecule has 0 spiro atoms. The second kappa shape index (κ2) is 7.57. The maximum atomic E-state index is 13.2. The van der Waals surface area contributed by atoms with E-state index in [0.717, 1.165) is 21.4 Å². The predicted octanol–water partition coefficient (Wildman–Crippen LogP) is -0.156. The lowest BCUT2D eigenvalue weighted by Crippen LogP contribution is -2.55. The van der Waals surface area contributed by atoms with Crippen LogP contribution in [0, 0.1) is 0 Å². The van der Waals surface area contributed by atoms with Crippen molar-refractivity contribution in [1.29, 1.82) is 0 Å². The number of fused-ring (bicyclic) bond motifs is 3. The third kappa shape index (κ3) is 3.71. The molecule has 0 aromatic carbocycles. The minimum Gasteiger partial charge on any atom is -0.370 e. The molecule has 3 heterocycles. The zero-order valence-corrected chi connectivity index (χ0v) is 16.9. The highest BCUT2D eigenvalue weighted by molar-refractivity contribution is 7.18. The van der Waals surface area contributed by atoms with E-state index < -0.39 is 5.69 Å². The first-order valence-electron chi connectivity index (χ1n) is 9.27. The van der Waals surface area contributed by atoms with E-state index in [1.807, 2.05) is 20.8 Å². The van der Waals surface area contributed by atoms with Gasteiger partial charge >= 0.3 is 5.69 Å². The Morgan fingerprint density at radius 2 is 2.07 bits per heavy atom. The van der Waals surface area contributed by atoms with Crippen molar-refractivity contribution in [3.63, 3.8) is 0 Å². The molecule has 1 amide bonds. The number of aromatic nitrogens is 2. The summed E-state index contributed by atoms with van der Waals surface area (Å²) >= 11 is 1.45. The van der Waals surface area contributed by atoms with Gasteiger partial charge in [0.2, 0.25) is 5.91 Å². The molecule has 148 valence electrons. The standard InChI is InChI=1S/C18H26N4O4S/c1-4-7-21-16-14(11-8-18(2,3)26-10-12(11)27-16)15(24)22(17(21)25)9-13(23)20-6-5-19/h4-10,19H2,1-3H3,(H,20,23)/p+1. The van der Waals surface area contributed by atoms with Crippen LogP contribution in [0.4, 0.5) is 0 Å². The number of nitrogens with one attached hydrogen (secondary N) is 1. The van der Waals surface area contributed by atoms with Gasteiger partial charge in [-0.1, -0.05) is 6.92 Å². The van der Waals surface area contributed by atoms with Crippen LogP contribution < -0.4 is 22.3 Å². The van der Waals surface area contributed by atoms with Crippen LogP contribution in [0.5, 0.6) is 0 Å². The lowest BCUT2D eigenvalue weighted by molar-refractivity contribution is -0.364. The van der Waals surface area contributed by atoms with Crippen LogP contribution >= 0.6 is 11.3 Å². The van der Waals surface area contributed by atoms with Crippen molar-refractivity contribution in [2.75, 3.05) is 13.1 Å². The summed E-state index contributed by atoms with van der Waals surface area (Å²) in [6.07, 6.45) is 1.36. The van der Waals surface area contributed by atoms with Gasteiger partial charge in [0.05, 0.1) is 30.7 Å². The van der Waals surface area contributed by atoms with E-state index in [-0.39, 0.29) is 23.6 Å². The number of hydrogen-bond acceptors (Lipinski definition) is 5. The van der Waals surface area contributed by atoms with Crippen LogP contribution in [0.1, 0.15) is 37.6 Å². The summed E-state index contributed by atoms with van der Waals surface area (Å²) in [5, 5.41) is 3.24. The molecule has 0 fully saturated rings. The second-order valence-electron chi connectivity index (χ2n) is 7.44. The molecule has 0 bridgehead atoms. The van der Waals surface area contributed by atoms with E-state index in [1.165, 1.54) is 11.3 Å². The van der Waals surface area contributed by atoms with E-state index >= 15 is 0 Å². The first-order valence-corrected chi connectivity index (χ1v) is 10.1. The Labute approximate surface area is 160 Å². The molecule has 2 aromatic rings. The Morgan fingerprint density at radius 1 is 1.33 bits per heavy atom. The third-order valence-corrected chi connectivity index (χ3v) is 5.91. The summed E-state index contributed by atoms with van der Waals surface area (Å²) in [5.74, 6) is -0.354. The van der Waals surface area contributed by atoms with Crippen LogP contribution in [-0.4, -0.2) is 33.7 Å². The Balaban J connectivity index is 2.20. The van der Waals surface area contributed by atoms with E-state index in [1.54, 1.807) is 4.57 Å². The number of carbonyl (C=O) groups is 1. The first-order chi connectivity index (χ1) is 12.8. The summed E-state index contributed by atoms with van der Waals surface area (Å²) in [6, 6.07) is 0. The molecular formula is C18H27N4O4S+. The molecule has 0 saturated carbocycles. The molecule has 2 aromatic heterocycles. The second-order valence-corrected chi connectivity index (χ2v) is 8.52. The molecule has 1 aliphatic rings. The Morgan fingerprint density at radius 3 is 2.74 bits per heavy atom. The van der Waals surface area contributed by atoms with Gasteiger partial charge in [0.15, 0.2) is 0 Å². The fraction of sp³-hybridized carbons (Fsp3) is 0.611. The molecule has 0 radical (unpaired) electrons. The van der Waals surface area contributed by atoms with Crippen molar-refractivity contribution < 1.29 is 15.3 Å². The number of thiophene rings is 1. The minimum absolute atomic E-state index is 0.276. The van der Waals surface area contributed by atoms with Gasteiger partial charge in [-0.3, -0.25) is 18.7 Å². The summed E-state index contributed by atoms with van der Waals surface area (Å²) in [6.45, 7) is 7.59. The van der Waals surface area contributed by atoms with Crippen molar-refractivity contribution in [3.05, 3.63) is 31.3 Å². The molecule has 9 heteroatoms. The number of rotatable bonds is 6. The van der Waals surface area contributed by atoms with Gasteiger partial charge in [-0.25, -0.2) is 4.79 Å².